The van der Waals surface area contributed by atoms with Crippen LogP contribution < -0.4 is 4.43 Å². The van der Waals surface area contributed by atoms with Crippen LogP contribution in [0.2, 0.25) is 11.6 Å². The Morgan fingerprint density at radius 2 is 1.33 bits per heavy atom. The second kappa shape index (κ2) is 12.8. The van der Waals surface area contributed by atoms with Crippen LogP contribution in [0.5, 0.6) is 5.75 Å². The number of benzene rings is 3. The molecule has 3 aromatic carbocycles. The molecule has 0 spiro atoms. The summed E-state index contributed by atoms with van der Waals surface area (Å²) in [5.74, 6) is -17.9. The maximum absolute atomic E-state index is 16.0. The van der Waals surface area contributed by atoms with Crippen molar-refractivity contribution in [3.63, 3.8) is 0 Å². The second-order valence-electron chi connectivity index (χ2n) is 11.4. The van der Waals surface area contributed by atoms with E-state index < -0.39 is 77.1 Å². The normalized spacial score (nSPS) is 15.0. The van der Waals surface area contributed by atoms with Crippen molar-refractivity contribution in [3.05, 3.63) is 88.0 Å². The van der Waals surface area contributed by atoms with Crippen molar-refractivity contribution in [1.29, 1.82) is 0 Å². The highest BCUT2D eigenvalue weighted by Gasteiger charge is 2.53. The fourth-order valence-electron chi connectivity index (χ4n) is 5.79. The van der Waals surface area contributed by atoms with Crippen LogP contribution in [0.25, 0.3) is 11.1 Å². The van der Waals surface area contributed by atoms with Crippen molar-refractivity contribution >= 4 is 8.32 Å². The van der Waals surface area contributed by atoms with Gasteiger partial charge in [0.25, 0.3) is 8.32 Å². The average Bonchev–Trinajstić information content (AvgIpc) is 3.19. The van der Waals surface area contributed by atoms with Crippen LogP contribution >= 0.6 is 0 Å². The SMILES string of the molecule is CCCCCCCCC[Si](Cc1ccccc1)(Oc1c(F)c(F)c2c(c1F)C(F)(F)c1cc(F)c(F)c(F)c1-2)C(C)C. The molecule has 0 bridgehead atoms. The third-order valence-electron chi connectivity index (χ3n) is 8.25. The maximum Gasteiger partial charge on any atom is 0.302 e. The summed E-state index contributed by atoms with van der Waals surface area (Å²) in [4.78, 5) is 0. The van der Waals surface area contributed by atoms with Gasteiger partial charge >= 0.3 is 5.92 Å². The quantitative estimate of drug-likeness (QED) is 0.0612. The Bertz CT molecular complexity index is 1430. The minimum Gasteiger partial charge on any atom is -0.539 e. The summed E-state index contributed by atoms with van der Waals surface area (Å²) in [6.07, 6.45) is 6.80. The Hall–Kier alpha value is -2.88. The average molecular weight is 615 g/mol. The molecule has 1 aliphatic carbocycles. The molecule has 0 aliphatic heterocycles. The third kappa shape index (κ3) is 5.83. The van der Waals surface area contributed by atoms with Crippen molar-refractivity contribution in [3.8, 4) is 16.9 Å². The number of hydrogen-bond acceptors (Lipinski definition) is 1. The van der Waals surface area contributed by atoms with Gasteiger partial charge in [-0.3, -0.25) is 0 Å². The molecule has 0 saturated carbocycles. The Balaban J connectivity index is 1.79. The van der Waals surface area contributed by atoms with E-state index in [-0.39, 0.29) is 17.7 Å². The van der Waals surface area contributed by atoms with Crippen molar-refractivity contribution in [2.75, 3.05) is 0 Å². The van der Waals surface area contributed by atoms with E-state index in [4.69, 9.17) is 4.43 Å². The molecule has 0 radical (unpaired) electrons. The van der Waals surface area contributed by atoms with E-state index in [2.05, 4.69) is 6.92 Å². The second-order valence-corrected chi connectivity index (χ2v) is 15.7. The molecule has 0 fully saturated rings. The van der Waals surface area contributed by atoms with Crippen molar-refractivity contribution in [2.45, 2.75) is 89.3 Å². The number of rotatable bonds is 13. The van der Waals surface area contributed by atoms with Gasteiger partial charge in [0.15, 0.2) is 34.8 Å². The van der Waals surface area contributed by atoms with Crippen molar-refractivity contribution in [1.82, 2.24) is 0 Å². The Kier molecular flexibility index (Phi) is 9.74. The van der Waals surface area contributed by atoms with Crippen LogP contribution in [-0.4, -0.2) is 8.32 Å². The Morgan fingerprint density at radius 1 is 0.738 bits per heavy atom. The highest BCUT2D eigenvalue weighted by Crippen LogP contribution is 2.56. The molecule has 3 aromatic rings. The first kappa shape index (κ1) is 32.0. The van der Waals surface area contributed by atoms with Gasteiger partial charge in [-0.15, -0.1) is 0 Å². The lowest BCUT2D eigenvalue weighted by molar-refractivity contribution is 0.0428. The number of halogens is 8. The molecular weight excluding hydrogens is 580 g/mol. The fourth-order valence-corrected chi connectivity index (χ4v) is 9.73. The summed E-state index contributed by atoms with van der Waals surface area (Å²) in [6.45, 7) is 5.76. The van der Waals surface area contributed by atoms with Crippen LogP contribution in [0.4, 0.5) is 35.1 Å². The van der Waals surface area contributed by atoms with Crippen molar-refractivity contribution in [2.24, 2.45) is 0 Å². The predicted octanol–water partition coefficient (Wildman–Crippen LogP) is 10.9. The first-order valence-electron chi connectivity index (χ1n) is 14.4. The van der Waals surface area contributed by atoms with E-state index in [1.807, 2.05) is 26.0 Å². The highest BCUT2D eigenvalue weighted by atomic mass is 28.4. The topological polar surface area (TPSA) is 9.23 Å². The molecule has 4 rings (SSSR count). The van der Waals surface area contributed by atoms with E-state index in [9.17, 15) is 13.2 Å². The summed E-state index contributed by atoms with van der Waals surface area (Å²) in [6, 6.07) is 9.73. The summed E-state index contributed by atoms with van der Waals surface area (Å²) >= 11 is 0. The molecule has 42 heavy (non-hydrogen) atoms. The third-order valence-corrected chi connectivity index (χ3v) is 13.2. The number of hydrogen-bond donors (Lipinski definition) is 0. The van der Waals surface area contributed by atoms with Gasteiger partial charge in [-0.25, -0.2) is 22.0 Å². The highest BCUT2D eigenvalue weighted by molar-refractivity contribution is 6.75. The van der Waals surface area contributed by atoms with E-state index in [0.717, 1.165) is 44.1 Å². The van der Waals surface area contributed by atoms with Gasteiger partial charge in [-0.2, -0.15) is 13.2 Å². The Morgan fingerprint density at radius 3 is 1.95 bits per heavy atom. The standard InChI is InChI=1S/C32H34F8OSi/c1-4-5-6-7-8-9-13-16-42(19(2)3,18-20-14-11-10-12-15-20)41-31-29(37)25-24(28(36)30(31)38)23-21(32(25,39)40)17-22(33)26(34)27(23)35/h10-12,14-15,17,19H,4-9,13,16,18H2,1-3H3. The maximum atomic E-state index is 16.0. The minimum atomic E-state index is -4.48. The smallest absolute Gasteiger partial charge is 0.302 e. The van der Waals surface area contributed by atoms with Gasteiger partial charge in [0.1, 0.15) is 0 Å². The number of fused-ring (bicyclic) bond motifs is 3. The van der Waals surface area contributed by atoms with E-state index in [1.165, 1.54) is 0 Å². The van der Waals surface area contributed by atoms with Gasteiger partial charge in [-0.1, -0.05) is 96.0 Å². The number of alkyl halides is 2. The first-order chi connectivity index (χ1) is 19.9. The summed E-state index contributed by atoms with van der Waals surface area (Å²) < 4.78 is 127. The van der Waals surface area contributed by atoms with Gasteiger partial charge < -0.3 is 4.43 Å². The van der Waals surface area contributed by atoms with Crippen LogP contribution in [-0.2, 0) is 12.0 Å². The molecule has 1 unspecified atom stereocenters. The van der Waals surface area contributed by atoms with Crippen LogP contribution in [0.15, 0.2) is 36.4 Å². The van der Waals surface area contributed by atoms with E-state index >= 15 is 22.0 Å². The van der Waals surface area contributed by atoms with E-state index in [0.29, 0.717) is 12.5 Å². The molecule has 0 heterocycles. The van der Waals surface area contributed by atoms with Crippen LogP contribution in [0.1, 0.15) is 82.4 Å². The zero-order valence-corrected chi connectivity index (χ0v) is 24.8. The molecule has 0 saturated heterocycles. The molecular formula is C32H34F8OSi. The molecule has 1 nitrogen and oxygen atoms in total. The molecule has 0 N–H and O–H groups in total. The van der Waals surface area contributed by atoms with Gasteiger partial charge in [0, 0.05) is 22.7 Å². The number of unbranched alkanes of at least 4 members (excludes halogenated alkanes) is 6. The van der Waals surface area contributed by atoms with E-state index in [1.54, 1.807) is 18.2 Å². The van der Waals surface area contributed by atoms with Crippen LogP contribution in [0, 0.1) is 34.9 Å². The molecule has 1 atom stereocenters. The lowest BCUT2D eigenvalue weighted by Crippen LogP contribution is -2.48. The zero-order valence-electron chi connectivity index (χ0n) is 23.8. The van der Waals surface area contributed by atoms with Gasteiger partial charge in [0.2, 0.25) is 5.82 Å². The predicted molar refractivity (Wildman–Crippen MR) is 149 cm³/mol. The molecule has 10 heteroatoms. The lowest BCUT2D eigenvalue weighted by Gasteiger charge is -2.36. The summed E-state index contributed by atoms with van der Waals surface area (Å²) in [5.41, 5.74) is -5.52. The summed E-state index contributed by atoms with van der Waals surface area (Å²) in [5, 5.41) is 0. The Labute approximate surface area is 242 Å². The van der Waals surface area contributed by atoms with Gasteiger partial charge in [0.05, 0.1) is 5.56 Å². The largest absolute Gasteiger partial charge is 0.539 e. The monoisotopic (exact) mass is 614 g/mol. The first-order valence-corrected chi connectivity index (χ1v) is 16.8. The summed E-state index contributed by atoms with van der Waals surface area (Å²) in [7, 11) is -3.29. The van der Waals surface area contributed by atoms with Crippen LogP contribution in [0.3, 0.4) is 0 Å². The fraction of sp³-hybridized carbons (Fsp3) is 0.438. The van der Waals surface area contributed by atoms with Crippen molar-refractivity contribution < 1.29 is 39.5 Å². The lowest BCUT2D eigenvalue weighted by atomic mass is 10.0. The molecule has 228 valence electrons. The van der Waals surface area contributed by atoms with Gasteiger partial charge in [-0.05, 0) is 23.2 Å². The molecule has 0 aromatic heterocycles. The minimum absolute atomic E-state index is 0.0197. The zero-order chi connectivity index (χ0) is 30.8. The molecule has 1 aliphatic rings. The molecule has 0 amide bonds.